The number of aryl methyl sites for hydroxylation is 1. The third-order valence-electron chi connectivity index (χ3n) is 5.11. The summed E-state index contributed by atoms with van der Waals surface area (Å²) in [4.78, 5) is 13.8. The molecule has 0 aliphatic carbocycles. The van der Waals surface area contributed by atoms with Crippen LogP contribution >= 0.6 is 0 Å². The fraction of sp³-hybridized carbons (Fsp3) is 0.286. The highest BCUT2D eigenvalue weighted by molar-refractivity contribution is 5.97. The van der Waals surface area contributed by atoms with E-state index in [2.05, 4.69) is 40.2 Å². The summed E-state index contributed by atoms with van der Waals surface area (Å²) in [6.07, 6.45) is 1.78. The zero-order chi connectivity index (χ0) is 19.0. The van der Waals surface area contributed by atoms with Crippen LogP contribution in [0, 0.1) is 6.92 Å². The lowest BCUT2D eigenvalue weighted by atomic mass is 9.96. The van der Waals surface area contributed by atoms with Crippen LogP contribution in [0.25, 0.3) is 21.9 Å². The first-order chi connectivity index (χ1) is 13.0. The number of fused-ring (bicyclic) bond motifs is 1. The average molecular weight is 362 g/mol. The first-order valence-corrected chi connectivity index (χ1v) is 9.05. The first kappa shape index (κ1) is 17.4. The van der Waals surface area contributed by atoms with Crippen LogP contribution in [0.1, 0.15) is 22.8 Å². The summed E-state index contributed by atoms with van der Waals surface area (Å²) >= 11 is 0. The Bertz CT molecular complexity index is 1020. The highest BCUT2D eigenvalue weighted by Gasteiger charge is 2.22. The molecule has 1 saturated heterocycles. The molecule has 27 heavy (non-hydrogen) atoms. The minimum Gasteiger partial charge on any atom is -0.377 e. The van der Waals surface area contributed by atoms with Crippen LogP contribution in [0.2, 0.25) is 0 Å². The molecule has 1 amide bonds. The lowest BCUT2D eigenvalue weighted by molar-refractivity contribution is 0.0986. The van der Waals surface area contributed by atoms with E-state index >= 15 is 0 Å². The number of nitrogens with two attached hydrogens (primary N) is 1. The second-order valence-corrected chi connectivity index (χ2v) is 6.98. The summed E-state index contributed by atoms with van der Waals surface area (Å²) in [5, 5.41) is 10.7. The van der Waals surface area contributed by atoms with E-state index in [1.54, 1.807) is 12.3 Å². The molecule has 2 heterocycles. The smallest absolute Gasteiger partial charge is 0.248 e. The highest BCUT2D eigenvalue weighted by atomic mass is 16.5. The zero-order valence-electron chi connectivity index (χ0n) is 15.5. The highest BCUT2D eigenvalue weighted by Crippen LogP contribution is 2.31. The monoisotopic (exact) mass is 362 g/mol. The van der Waals surface area contributed by atoms with Crippen molar-refractivity contribution >= 4 is 22.5 Å². The van der Waals surface area contributed by atoms with Crippen molar-refractivity contribution in [3.8, 4) is 11.1 Å². The molecule has 1 aliphatic heterocycles. The molecule has 0 radical (unpaired) electrons. The molecular formula is C21H22N4O2. The molecule has 1 aliphatic rings. The van der Waals surface area contributed by atoms with Crippen LogP contribution in [0.3, 0.4) is 0 Å². The van der Waals surface area contributed by atoms with E-state index < -0.39 is 5.91 Å². The van der Waals surface area contributed by atoms with Crippen LogP contribution in [0.15, 0.2) is 42.6 Å². The van der Waals surface area contributed by atoms with Crippen LogP contribution in [-0.4, -0.2) is 41.9 Å². The fourth-order valence-electron chi connectivity index (χ4n) is 3.58. The topological polar surface area (TPSA) is 81.3 Å². The number of hydrogen-bond acceptors (Lipinski definition) is 5. The number of benzene rings is 2. The van der Waals surface area contributed by atoms with Crippen LogP contribution in [-0.2, 0) is 4.74 Å². The molecule has 1 fully saturated rings. The van der Waals surface area contributed by atoms with E-state index in [1.165, 1.54) is 0 Å². The molecule has 6 heteroatoms. The maximum atomic E-state index is 11.5. The Morgan fingerprint density at radius 3 is 2.89 bits per heavy atom. The molecule has 6 nitrogen and oxygen atoms in total. The van der Waals surface area contributed by atoms with Crippen molar-refractivity contribution in [1.82, 2.24) is 10.2 Å². The van der Waals surface area contributed by atoms with Gasteiger partial charge in [0.25, 0.3) is 0 Å². The largest absolute Gasteiger partial charge is 0.377 e. The Kier molecular flexibility index (Phi) is 4.49. The average Bonchev–Trinajstić information content (AvgIpc) is 2.68. The lowest BCUT2D eigenvalue weighted by Gasteiger charge is -2.34. The van der Waals surface area contributed by atoms with Crippen LogP contribution < -0.4 is 10.6 Å². The molecule has 3 aromatic rings. The van der Waals surface area contributed by atoms with Crippen molar-refractivity contribution in [3.63, 3.8) is 0 Å². The van der Waals surface area contributed by atoms with Gasteiger partial charge in [0.15, 0.2) is 5.82 Å². The molecule has 138 valence electrons. The maximum Gasteiger partial charge on any atom is 0.248 e. The van der Waals surface area contributed by atoms with Gasteiger partial charge in [0.2, 0.25) is 5.91 Å². The number of amides is 1. The van der Waals surface area contributed by atoms with Gasteiger partial charge >= 0.3 is 0 Å². The number of aromatic nitrogens is 2. The van der Waals surface area contributed by atoms with E-state index in [9.17, 15) is 4.79 Å². The standard InChI is InChI=1S/C21H22N4O2/c1-13-3-4-16(20(22)26)10-19(13)15-5-6-18-17(9-15)11-23-24-21(18)25-7-8-27-12-14(25)2/h3-6,9-11,14H,7-8,12H2,1-2H3,(H2,22,26)/t14-/m0/s1. The molecule has 1 atom stereocenters. The van der Waals surface area contributed by atoms with Gasteiger partial charge < -0.3 is 15.4 Å². The molecule has 4 rings (SSSR count). The predicted molar refractivity (Wildman–Crippen MR) is 106 cm³/mol. The van der Waals surface area contributed by atoms with Crippen molar-refractivity contribution in [2.45, 2.75) is 19.9 Å². The summed E-state index contributed by atoms with van der Waals surface area (Å²) in [7, 11) is 0. The van der Waals surface area contributed by atoms with Gasteiger partial charge in [0.05, 0.1) is 25.5 Å². The van der Waals surface area contributed by atoms with E-state index in [-0.39, 0.29) is 6.04 Å². The molecule has 2 aromatic carbocycles. The Labute approximate surface area is 158 Å². The van der Waals surface area contributed by atoms with Gasteiger partial charge in [0.1, 0.15) is 0 Å². The zero-order valence-corrected chi connectivity index (χ0v) is 15.5. The van der Waals surface area contributed by atoms with E-state index in [0.29, 0.717) is 18.8 Å². The molecule has 2 N–H and O–H groups in total. The number of anilines is 1. The van der Waals surface area contributed by atoms with Gasteiger partial charge in [-0.15, -0.1) is 5.10 Å². The lowest BCUT2D eigenvalue weighted by Crippen LogP contribution is -2.44. The van der Waals surface area contributed by atoms with Gasteiger partial charge in [-0.05, 0) is 54.8 Å². The van der Waals surface area contributed by atoms with Gasteiger partial charge in [0, 0.05) is 22.9 Å². The summed E-state index contributed by atoms with van der Waals surface area (Å²) in [5.41, 5.74) is 9.05. The summed E-state index contributed by atoms with van der Waals surface area (Å²) in [5.74, 6) is 0.462. The first-order valence-electron chi connectivity index (χ1n) is 9.05. The molecule has 0 saturated carbocycles. The normalized spacial score (nSPS) is 17.3. The van der Waals surface area contributed by atoms with Crippen molar-refractivity contribution in [2.24, 2.45) is 5.73 Å². The molecule has 1 aromatic heterocycles. The number of rotatable bonds is 3. The van der Waals surface area contributed by atoms with E-state index in [4.69, 9.17) is 10.5 Å². The Morgan fingerprint density at radius 1 is 1.26 bits per heavy atom. The molecule has 0 unspecified atom stereocenters. The van der Waals surface area contributed by atoms with Crippen molar-refractivity contribution in [3.05, 3.63) is 53.7 Å². The Hall–Kier alpha value is -2.99. The predicted octanol–water partition coefficient (Wildman–Crippen LogP) is 2.93. The number of carbonyl (C=O) groups excluding carboxylic acids is 1. The molecule has 0 spiro atoms. The van der Waals surface area contributed by atoms with Gasteiger partial charge in [-0.25, -0.2) is 0 Å². The summed E-state index contributed by atoms with van der Waals surface area (Å²) < 4.78 is 5.54. The van der Waals surface area contributed by atoms with Gasteiger partial charge in [-0.1, -0.05) is 12.1 Å². The summed E-state index contributed by atoms with van der Waals surface area (Å²) in [6, 6.07) is 12.0. The second kappa shape index (κ2) is 6.96. The number of morpholine rings is 1. The van der Waals surface area contributed by atoms with Crippen molar-refractivity contribution in [2.75, 3.05) is 24.7 Å². The maximum absolute atomic E-state index is 11.5. The molecule has 0 bridgehead atoms. The van der Waals surface area contributed by atoms with Gasteiger partial charge in [-0.3, -0.25) is 4.79 Å². The Morgan fingerprint density at radius 2 is 2.11 bits per heavy atom. The van der Waals surface area contributed by atoms with Gasteiger partial charge in [-0.2, -0.15) is 5.10 Å². The number of carbonyl (C=O) groups is 1. The number of hydrogen-bond donors (Lipinski definition) is 1. The van der Waals surface area contributed by atoms with Crippen molar-refractivity contribution < 1.29 is 9.53 Å². The van der Waals surface area contributed by atoms with Crippen molar-refractivity contribution in [1.29, 1.82) is 0 Å². The van der Waals surface area contributed by atoms with E-state index in [1.807, 2.05) is 19.1 Å². The van der Waals surface area contributed by atoms with Crippen LogP contribution in [0.4, 0.5) is 5.82 Å². The minimum absolute atomic E-state index is 0.257. The Balaban J connectivity index is 1.80. The SMILES string of the molecule is Cc1ccc(C(N)=O)cc1-c1ccc2c(N3CCOC[C@@H]3C)nncc2c1. The number of primary amides is 1. The number of nitrogens with zero attached hydrogens (tertiary/aromatic N) is 3. The number of ether oxygens (including phenoxy) is 1. The quantitative estimate of drug-likeness (QED) is 0.775. The third kappa shape index (κ3) is 3.24. The molecular weight excluding hydrogens is 340 g/mol. The fourth-order valence-corrected chi connectivity index (χ4v) is 3.58. The second-order valence-electron chi connectivity index (χ2n) is 6.98. The minimum atomic E-state index is -0.425. The van der Waals surface area contributed by atoms with E-state index in [0.717, 1.165) is 39.8 Å². The van der Waals surface area contributed by atoms with Crippen LogP contribution in [0.5, 0.6) is 0 Å². The third-order valence-corrected chi connectivity index (χ3v) is 5.11. The summed E-state index contributed by atoms with van der Waals surface area (Å²) in [6.45, 7) is 6.34.